The van der Waals surface area contributed by atoms with Gasteiger partial charge in [-0.15, -0.1) is 0 Å². The van der Waals surface area contributed by atoms with E-state index in [1.807, 2.05) is 66.9 Å². The van der Waals surface area contributed by atoms with Crippen LogP contribution < -0.4 is 9.73 Å². The molecule has 0 atom stereocenters. The fourth-order valence-electron chi connectivity index (χ4n) is 4.10. The van der Waals surface area contributed by atoms with Crippen molar-refractivity contribution in [3.63, 3.8) is 0 Å². The van der Waals surface area contributed by atoms with E-state index in [9.17, 15) is 13.2 Å². The molecule has 0 spiro atoms. The van der Waals surface area contributed by atoms with Crippen LogP contribution in [0.3, 0.4) is 0 Å². The monoisotopic (exact) mass is 542 g/mol. The van der Waals surface area contributed by atoms with Crippen molar-refractivity contribution in [3.05, 3.63) is 93.7 Å². The van der Waals surface area contributed by atoms with Gasteiger partial charge in [0.2, 0.25) is 10.0 Å². The number of aromatic nitrogens is 1. The Morgan fingerprint density at radius 1 is 1.06 bits per heavy atom. The fourth-order valence-corrected chi connectivity index (χ4v) is 5.35. The maximum Gasteiger partial charge on any atom is 0.260 e. The number of hydrogen-bond donors (Lipinski definition) is 1. The van der Waals surface area contributed by atoms with Crippen LogP contribution in [-0.2, 0) is 14.8 Å². The lowest BCUT2D eigenvalue weighted by Gasteiger charge is -2.23. The number of nitrogens with zero attached hydrogens (tertiary/aromatic N) is 3. The van der Waals surface area contributed by atoms with Crippen molar-refractivity contribution in [2.75, 3.05) is 17.1 Å². The molecule has 186 valence electrons. The van der Waals surface area contributed by atoms with Gasteiger partial charge < -0.3 is 4.57 Å². The first-order valence-electron chi connectivity index (χ1n) is 11.0. The summed E-state index contributed by atoms with van der Waals surface area (Å²) in [5.74, 6) is -0.573. The van der Waals surface area contributed by atoms with E-state index < -0.39 is 22.5 Å². The molecule has 4 rings (SSSR count). The van der Waals surface area contributed by atoms with Crippen LogP contribution in [0.15, 0.2) is 71.8 Å². The number of carbonyl (C=O) groups excluding carboxylic acids is 1. The van der Waals surface area contributed by atoms with E-state index >= 15 is 0 Å². The number of benzene rings is 3. The van der Waals surface area contributed by atoms with Crippen LogP contribution in [0.4, 0.5) is 5.69 Å². The smallest absolute Gasteiger partial charge is 0.260 e. The standard InChI is InChI=1S/C26H24Cl2N4O3S/c1-17-14-20(18(2)32(17)24-13-7-11-22(27)26(24)28)15-29-30-25(33)16-31(36(3,34)35)23-12-6-9-19-8-4-5-10-21(19)23/h4-15H,16H2,1-3H3,(H,30,33)/b29-15-. The number of amides is 1. The molecule has 0 aliphatic heterocycles. The minimum Gasteiger partial charge on any atom is -0.316 e. The Labute approximate surface area is 220 Å². The molecule has 1 N–H and O–H groups in total. The predicted molar refractivity (Wildman–Crippen MR) is 147 cm³/mol. The molecule has 0 aliphatic carbocycles. The van der Waals surface area contributed by atoms with Crippen LogP contribution in [0.25, 0.3) is 16.5 Å². The van der Waals surface area contributed by atoms with Gasteiger partial charge in [0.05, 0.1) is 33.9 Å². The van der Waals surface area contributed by atoms with Gasteiger partial charge in [-0.05, 0) is 43.5 Å². The summed E-state index contributed by atoms with van der Waals surface area (Å²) in [5, 5.41) is 6.55. The van der Waals surface area contributed by atoms with Crippen LogP contribution >= 0.6 is 23.2 Å². The molecule has 1 aromatic heterocycles. The quantitative estimate of drug-likeness (QED) is 0.248. The molecular formula is C26H24Cl2N4O3S. The minimum atomic E-state index is -3.73. The van der Waals surface area contributed by atoms with Gasteiger partial charge in [0, 0.05) is 22.3 Å². The van der Waals surface area contributed by atoms with Gasteiger partial charge in [-0.2, -0.15) is 5.10 Å². The Bertz CT molecular complexity index is 1590. The number of aryl methyl sites for hydroxylation is 1. The molecule has 10 heteroatoms. The van der Waals surface area contributed by atoms with E-state index in [2.05, 4.69) is 10.5 Å². The topological polar surface area (TPSA) is 83.8 Å². The summed E-state index contributed by atoms with van der Waals surface area (Å²) < 4.78 is 28.1. The number of hydrogen-bond acceptors (Lipinski definition) is 4. The van der Waals surface area contributed by atoms with Gasteiger partial charge in [0.15, 0.2) is 0 Å². The molecule has 4 aromatic rings. The van der Waals surface area contributed by atoms with E-state index in [-0.39, 0.29) is 0 Å². The molecule has 1 heterocycles. The number of sulfonamides is 1. The van der Waals surface area contributed by atoms with Crippen LogP contribution in [0.1, 0.15) is 17.0 Å². The van der Waals surface area contributed by atoms with E-state index in [0.29, 0.717) is 15.7 Å². The summed E-state index contributed by atoms with van der Waals surface area (Å²) in [4.78, 5) is 12.7. The zero-order valence-corrected chi connectivity index (χ0v) is 22.2. The SMILES string of the molecule is Cc1cc(/C=N\NC(=O)CN(c2cccc3ccccc23)S(C)(=O)=O)c(C)n1-c1cccc(Cl)c1Cl. The zero-order chi connectivity index (χ0) is 26.0. The van der Waals surface area contributed by atoms with Gasteiger partial charge in [0.1, 0.15) is 6.54 Å². The first kappa shape index (κ1) is 25.8. The molecule has 3 aromatic carbocycles. The maximum atomic E-state index is 12.7. The minimum absolute atomic E-state index is 0.415. The number of anilines is 1. The normalized spacial score (nSPS) is 11.8. The summed E-state index contributed by atoms with van der Waals surface area (Å²) in [6.07, 6.45) is 2.58. The molecule has 0 bridgehead atoms. The van der Waals surface area contributed by atoms with E-state index in [1.165, 1.54) is 6.21 Å². The molecule has 36 heavy (non-hydrogen) atoms. The second-order valence-corrected chi connectivity index (χ2v) is 11.0. The fraction of sp³-hybridized carbons (Fsp3) is 0.154. The second kappa shape index (κ2) is 10.3. The molecular weight excluding hydrogens is 519 g/mol. The molecule has 1 amide bonds. The van der Waals surface area contributed by atoms with E-state index in [1.54, 1.807) is 18.2 Å². The van der Waals surface area contributed by atoms with Crippen molar-refractivity contribution in [3.8, 4) is 5.69 Å². The number of rotatable bonds is 7. The van der Waals surface area contributed by atoms with Crippen molar-refractivity contribution in [2.45, 2.75) is 13.8 Å². The van der Waals surface area contributed by atoms with E-state index in [4.69, 9.17) is 23.2 Å². The third kappa shape index (κ3) is 5.26. The van der Waals surface area contributed by atoms with Crippen LogP contribution in [0, 0.1) is 13.8 Å². The van der Waals surface area contributed by atoms with Gasteiger partial charge in [-0.1, -0.05) is 65.7 Å². The summed E-state index contributed by atoms with van der Waals surface area (Å²) in [5.41, 5.74) is 6.12. The Kier molecular flexibility index (Phi) is 7.40. The summed E-state index contributed by atoms with van der Waals surface area (Å²) in [6.45, 7) is 3.41. The van der Waals surface area contributed by atoms with Crippen molar-refractivity contribution < 1.29 is 13.2 Å². The lowest BCUT2D eigenvalue weighted by molar-refractivity contribution is -0.119. The predicted octanol–water partition coefficient (Wildman–Crippen LogP) is 5.47. The summed E-state index contributed by atoms with van der Waals surface area (Å²) >= 11 is 12.6. The largest absolute Gasteiger partial charge is 0.316 e. The molecule has 7 nitrogen and oxygen atoms in total. The number of hydrazone groups is 1. The molecule has 0 unspecified atom stereocenters. The molecule has 0 saturated heterocycles. The first-order chi connectivity index (χ1) is 17.1. The Morgan fingerprint density at radius 3 is 2.50 bits per heavy atom. The highest BCUT2D eigenvalue weighted by atomic mass is 35.5. The van der Waals surface area contributed by atoms with Crippen LogP contribution in [-0.4, -0.2) is 37.9 Å². The summed E-state index contributed by atoms with van der Waals surface area (Å²) in [6, 6.07) is 20.0. The van der Waals surface area contributed by atoms with Gasteiger partial charge in [-0.25, -0.2) is 13.8 Å². The van der Waals surface area contributed by atoms with Crippen LogP contribution in [0.5, 0.6) is 0 Å². The lowest BCUT2D eigenvalue weighted by Crippen LogP contribution is -2.39. The second-order valence-electron chi connectivity index (χ2n) is 8.30. The zero-order valence-electron chi connectivity index (χ0n) is 19.9. The number of carbonyl (C=O) groups is 1. The molecule has 0 radical (unpaired) electrons. The van der Waals surface area contributed by atoms with Crippen molar-refractivity contribution in [2.24, 2.45) is 5.10 Å². The van der Waals surface area contributed by atoms with E-state index in [0.717, 1.165) is 44.0 Å². The molecule has 0 saturated carbocycles. The third-order valence-corrected chi connectivity index (χ3v) is 7.69. The van der Waals surface area contributed by atoms with Gasteiger partial charge in [-0.3, -0.25) is 9.10 Å². The maximum absolute atomic E-state index is 12.7. The van der Waals surface area contributed by atoms with Crippen molar-refractivity contribution in [1.29, 1.82) is 0 Å². The average Bonchev–Trinajstić information content (AvgIpc) is 3.11. The summed E-state index contributed by atoms with van der Waals surface area (Å²) in [7, 11) is -3.73. The average molecular weight is 543 g/mol. The molecule has 0 aliphatic rings. The first-order valence-corrected chi connectivity index (χ1v) is 13.6. The van der Waals surface area contributed by atoms with Crippen molar-refractivity contribution >= 4 is 61.8 Å². The highest BCUT2D eigenvalue weighted by molar-refractivity contribution is 7.92. The Hall–Kier alpha value is -3.33. The Balaban J connectivity index is 1.55. The van der Waals surface area contributed by atoms with Gasteiger partial charge in [0.25, 0.3) is 5.91 Å². The Morgan fingerprint density at radius 2 is 1.75 bits per heavy atom. The van der Waals surface area contributed by atoms with Crippen molar-refractivity contribution in [1.82, 2.24) is 9.99 Å². The number of nitrogens with one attached hydrogen (secondary N) is 1. The number of halogens is 2. The highest BCUT2D eigenvalue weighted by Gasteiger charge is 2.22. The lowest BCUT2D eigenvalue weighted by atomic mass is 10.1. The highest BCUT2D eigenvalue weighted by Crippen LogP contribution is 2.31. The van der Waals surface area contributed by atoms with Gasteiger partial charge >= 0.3 is 0 Å². The number of fused-ring (bicyclic) bond motifs is 1. The van der Waals surface area contributed by atoms with Crippen LogP contribution in [0.2, 0.25) is 10.0 Å². The molecule has 0 fully saturated rings. The third-order valence-electron chi connectivity index (χ3n) is 5.76.